The number of esters is 1. The van der Waals surface area contributed by atoms with Crippen molar-refractivity contribution in [3.8, 4) is 0 Å². The summed E-state index contributed by atoms with van der Waals surface area (Å²) in [4.78, 5) is 15.8. The van der Waals surface area contributed by atoms with Crippen LogP contribution >= 0.6 is 0 Å². The van der Waals surface area contributed by atoms with Gasteiger partial charge in [0.05, 0.1) is 0 Å². The molecule has 1 atom stereocenters. The number of carbonyl (C=O) groups is 1. The number of nitrogens with one attached hydrogen (secondary N) is 2. The van der Waals surface area contributed by atoms with Crippen molar-refractivity contribution in [2.75, 3.05) is 13.1 Å². The zero-order valence-electron chi connectivity index (χ0n) is 13.3. The molecule has 5 nitrogen and oxygen atoms in total. The summed E-state index contributed by atoms with van der Waals surface area (Å²) in [7, 11) is 0. The third kappa shape index (κ3) is 9.33. The van der Waals surface area contributed by atoms with E-state index in [0.29, 0.717) is 11.9 Å². The molecule has 5 heteroatoms. The molecule has 19 heavy (non-hydrogen) atoms. The van der Waals surface area contributed by atoms with Gasteiger partial charge in [0, 0.05) is 12.6 Å². The van der Waals surface area contributed by atoms with Crippen LogP contribution in [0.1, 0.15) is 48.5 Å². The lowest BCUT2D eigenvalue weighted by Gasteiger charge is -2.21. The summed E-state index contributed by atoms with van der Waals surface area (Å²) in [6, 6.07) is 0.288. The topological polar surface area (TPSA) is 62.7 Å². The van der Waals surface area contributed by atoms with Crippen LogP contribution in [0.2, 0.25) is 0 Å². The Morgan fingerprint density at radius 1 is 1.26 bits per heavy atom. The molecule has 0 fully saturated rings. The molecule has 0 saturated carbocycles. The second-order valence-corrected chi connectivity index (χ2v) is 5.96. The first-order valence-corrected chi connectivity index (χ1v) is 6.92. The lowest BCUT2D eigenvalue weighted by atomic mass is 10.1. The van der Waals surface area contributed by atoms with Gasteiger partial charge in [-0.15, -0.1) is 0 Å². The van der Waals surface area contributed by atoms with Crippen molar-refractivity contribution in [3.63, 3.8) is 0 Å². The Labute approximate surface area is 117 Å². The van der Waals surface area contributed by atoms with E-state index in [2.05, 4.69) is 36.4 Å². The monoisotopic (exact) mass is 271 g/mol. The second kappa shape index (κ2) is 8.02. The van der Waals surface area contributed by atoms with Crippen LogP contribution < -0.4 is 10.6 Å². The van der Waals surface area contributed by atoms with Crippen molar-refractivity contribution in [2.24, 2.45) is 10.9 Å². The highest BCUT2D eigenvalue weighted by Gasteiger charge is 2.16. The third-order valence-corrected chi connectivity index (χ3v) is 2.49. The Bertz CT molecular complexity index is 306. The molecule has 112 valence electrons. The van der Waals surface area contributed by atoms with Gasteiger partial charge in [0.2, 0.25) is 0 Å². The van der Waals surface area contributed by atoms with Crippen LogP contribution in [0.4, 0.5) is 0 Å². The molecule has 0 amide bonds. The Morgan fingerprint density at radius 2 is 1.84 bits per heavy atom. The third-order valence-electron chi connectivity index (χ3n) is 2.49. The van der Waals surface area contributed by atoms with E-state index >= 15 is 0 Å². The molecule has 0 aromatic heterocycles. The Hall–Kier alpha value is -1.26. The van der Waals surface area contributed by atoms with Crippen LogP contribution in [0.5, 0.6) is 0 Å². The van der Waals surface area contributed by atoms with Crippen LogP contribution in [-0.2, 0) is 9.53 Å². The van der Waals surface area contributed by atoms with Crippen molar-refractivity contribution in [1.29, 1.82) is 0 Å². The van der Waals surface area contributed by atoms with E-state index in [4.69, 9.17) is 4.74 Å². The van der Waals surface area contributed by atoms with Crippen LogP contribution in [0.3, 0.4) is 0 Å². The average molecular weight is 271 g/mol. The molecule has 0 heterocycles. The summed E-state index contributed by atoms with van der Waals surface area (Å²) in [5, 5.41) is 6.38. The molecule has 0 bridgehead atoms. The summed E-state index contributed by atoms with van der Waals surface area (Å²) >= 11 is 0. The fourth-order valence-electron chi connectivity index (χ4n) is 1.22. The van der Waals surface area contributed by atoms with E-state index in [1.165, 1.54) is 0 Å². The van der Waals surface area contributed by atoms with E-state index in [0.717, 1.165) is 6.54 Å². The van der Waals surface area contributed by atoms with Crippen molar-refractivity contribution in [1.82, 2.24) is 10.6 Å². The number of hydrogen-bond acceptors (Lipinski definition) is 3. The van der Waals surface area contributed by atoms with Crippen molar-refractivity contribution >= 4 is 11.9 Å². The smallest absolute Gasteiger partial charge is 0.328 e. The maximum Gasteiger partial charge on any atom is 0.328 e. The molecular formula is C14H29N3O2. The summed E-state index contributed by atoms with van der Waals surface area (Å²) in [6.45, 7) is 14.7. The normalized spacial score (nSPS) is 14.2. The molecule has 1 unspecified atom stereocenters. The standard InChI is InChI=1S/C14H29N3O2/c1-8-15-13(17-11(4)10(2)3)16-9-12(18)19-14(5,6)7/h10-11H,8-9H2,1-7H3,(H2,15,16,17). The second-order valence-electron chi connectivity index (χ2n) is 5.96. The molecular weight excluding hydrogens is 242 g/mol. The zero-order chi connectivity index (χ0) is 15.1. The van der Waals surface area contributed by atoms with E-state index in [1.54, 1.807) is 0 Å². The lowest BCUT2D eigenvalue weighted by molar-refractivity contribution is -0.152. The number of nitrogens with zero attached hydrogens (tertiary/aromatic N) is 1. The summed E-state index contributed by atoms with van der Waals surface area (Å²) in [6.07, 6.45) is 0. The van der Waals surface area contributed by atoms with Gasteiger partial charge in [-0.1, -0.05) is 13.8 Å². The molecule has 2 N–H and O–H groups in total. The van der Waals surface area contributed by atoms with Gasteiger partial charge in [0.25, 0.3) is 0 Å². The Morgan fingerprint density at radius 3 is 2.26 bits per heavy atom. The number of carbonyl (C=O) groups excluding carboxylic acids is 1. The quantitative estimate of drug-likeness (QED) is 0.455. The minimum atomic E-state index is -0.469. The molecule has 0 saturated heterocycles. The van der Waals surface area contributed by atoms with Gasteiger partial charge in [0.15, 0.2) is 5.96 Å². The SMILES string of the molecule is CCNC(=NCC(=O)OC(C)(C)C)NC(C)C(C)C. The number of hydrogen-bond donors (Lipinski definition) is 2. The lowest BCUT2D eigenvalue weighted by Crippen LogP contribution is -2.44. The molecule has 0 spiro atoms. The van der Waals surface area contributed by atoms with Crippen LogP contribution in [0.15, 0.2) is 4.99 Å². The predicted octanol–water partition coefficient (Wildman–Crippen LogP) is 1.93. The van der Waals surface area contributed by atoms with Crippen molar-refractivity contribution in [2.45, 2.75) is 60.1 Å². The first-order valence-electron chi connectivity index (χ1n) is 6.92. The van der Waals surface area contributed by atoms with Gasteiger partial charge in [-0.3, -0.25) is 4.79 Å². The first kappa shape index (κ1) is 17.7. The Kier molecular flexibility index (Phi) is 7.49. The van der Waals surface area contributed by atoms with Gasteiger partial charge in [0.1, 0.15) is 12.1 Å². The maximum atomic E-state index is 11.6. The first-order chi connectivity index (χ1) is 8.65. The highest BCUT2D eigenvalue weighted by atomic mass is 16.6. The fraction of sp³-hybridized carbons (Fsp3) is 0.857. The molecule has 0 radical (unpaired) electrons. The molecule has 0 aliphatic carbocycles. The highest BCUT2D eigenvalue weighted by Crippen LogP contribution is 2.06. The predicted molar refractivity (Wildman–Crippen MR) is 79.3 cm³/mol. The van der Waals surface area contributed by atoms with Gasteiger partial charge in [-0.2, -0.15) is 0 Å². The van der Waals surface area contributed by atoms with Crippen LogP contribution in [0.25, 0.3) is 0 Å². The molecule has 0 rings (SSSR count). The largest absolute Gasteiger partial charge is 0.459 e. The minimum absolute atomic E-state index is 0.0252. The van der Waals surface area contributed by atoms with Crippen molar-refractivity contribution in [3.05, 3.63) is 0 Å². The molecule has 0 aromatic carbocycles. The maximum absolute atomic E-state index is 11.6. The van der Waals surface area contributed by atoms with E-state index < -0.39 is 5.60 Å². The minimum Gasteiger partial charge on any atom is -0.459 e. The van der Waals surface area contributed by atoms with Gasteiger partial charge < -0.3 is 15.4 Å². The van der Waals surface area contributed by atoms with E-state index in [9.17, 15) is 4.79 Å². The van der Waals surface area contributed by atoms with Crippen LogP contribution in [-0.4, -0.2) is 36.7 Å². The number of guanidine groups is 1. The summed E-state index contributed by atoms with van der Waals surface area (Å²) in [5.41, 5.74) is -0.469. The van der Waals surface area contributed by atoms with Gasteiger partial charge in [-0.25, -0.2) is 4.99 Å². The van der Waals surface area contributed by atoms with Crippen molar-refractivity contribution < 1.29 is 9.53 Å². The molecule has 0 aliphatic rings. The number of ether oxygens (including phenoxy) is 1. The van der Waals surface area contributed by atoms with Gasteiger partial charge in [-0.05, 0) is 40.5 Å². The zero-order valence-corrected chi connectivity index (χ0v) is 13.3. The molecule has 0 aliphatic heterocycles. The highest BCUT2D eigenvalue weighted by molar-refractivity contribution is 5.83. The Balaban J connectivity index is 4.45. The van der Waals surface area contributed by atoms with E-state index in [-0.39, 0.29) is 18.6 Å². The summed E-state index contributed by atoms with van der Waals surface area (Å²) < 4.78 is 5.22. The number of aliphatic imine (C=N–C) groups is 1. The summed E-state index contributed by atoms with van der Waals surface area (Å²) in [5.74, 6) is 0.821. The fourth-order valence-corrected chi connectivity index (χ4v) is 1.22. The van der Waals surface area contributed by atoms with E-state index in [1.807, 2.05) is 27.7 Å². The number of rotatable bonds is 5. The van der Waals surface area contributed by atoms with Gasteiger partial charge >= 0.3 is 5.97 Å². The molecule has 0 aromatic rings. The average Bonchev–Trinajstić information content (AvgIpc) is 2.23. The van der Waals surface area contributed by atoms with Crippen LogP contribution in [0, 0.1) is 5.92 Å².